The highest BCUT2D eigenvalue weighted by Crippen LogP contribution is 2.07. The molecule has 16 heavy (non-hydrogen) atoms. The van der Waals surface area contributed by atoms with E-state index in [9.17, 15) is 9.59 Å². The van der Waals surface area contributed by atoms with Crippen molar-refractivity contribution in [2.75, 3.05) is 13.2 Å². The van der Waals surface area contributed by atoms with Crippen LogP contribution in [0.2, 0.25) is 0 Å². The molecule has 1 aromatic carbocycles. The zero-order valence-electron chi connectivity index (χ0n) is 9.14. The van der Waals surface area contributed by atoms with Crippen LogP contribution in [0.4, 0.5) is 0 Å². The van der Waals surface area contributed by atoms with Gasteiger partial charge in [-0.15, -0.1) is 0 Å². The number of rotatable bonds is 6. The zero-order chi connectivity index (χ0) is 11.8. The van der Waals surface area contributed by atoms with Gasteiger partial charge in [-0.3, -0.25) is 4.79 Å². The minimum Gasteiger partial charge on any atom is -0.485 e. The summed E-state index contributed by atoms with van der Waals surface area (Å²) in [4.78, 5) is 22.3. The monoisotopic (exact) mass is 222 g/mol. The Hall–Kier alpha value is -1.84. The number of ketones is 1. The summed E-state index contributed by atoms with van der Waals surface area (Å²) < 4.78 is 9.79. The van der Waals surface area contributed by atoms with Crippen LogP contribution in [0.1, 0.15) is 13.3 Å². The smallest absolute Gasteiger partial charge is 0.378 e. The van der Waals surface area contributed by atoms with Gasteiger partial charge in [-0.2, -0.15) is 0 Å². The molecule has 0 aliphatic heterocycles. The Morgan fingerprint density at radius 3 is 2.50 bits per heavy atom. The van der Waals surface area contributed by atoms with E-state index < -0.39 is 11.8 Å². The van der Waals surface area contributed by atoms with Crippen molar-refractivity contribution in [1.82, 2.24) is 0 Å². The minimum atomic E-state index is -0.835. The summed E-state index contributed by atoms with van der Waals surface area (Å²) in [5.74, 6) is -0.950. The number of carbonyl (C=O) groups excluding carboxylic acids is 2. The second-order valence-corrected chi connectivity index (χ2v) is 3.16. The molecule has 0 saturated carbocycles. The fraction of sp³-hybridized carbons (Fsp3) is 0.333. The molecule has 4 heteroatoms. The molecular formula is C12H14O4. The third kappa shape index (κ3) is 4.13. The lowest BCUT2D eigenvalue weighted by molar-refractivity contribution is -0.154. The number of esters is 1. The van der Waals surface area contributed by atoms with E-state index in [2.05, 4.69) is 4.74 Å². The van der Waals surface area contributed by atoms with Gasteiger partial charge in [0.1, 0.15) is 5.75 Å². The Morgan fingerprint density at radius 1 is 1.19 bits per heavy atom. The first-order valence-corrected chi connectivity index (χ1v) is 5.12. The number of hydrogen-bond donors (Lipinski definition) is 0. The minimum absolute atomic E-state index is 0.260. The second-order valence-electron chi connectivity index (χ2n) is 3.16. The maximum atomic E-state index is 11.2. The van der Waals surface area contributed by atoms with Crippen molar-refractivity contribution in [3.63, 3.8) is 0 Å². The normalized spacial score (nSPS) is 9.56. The molecule has 86 valence electrons. The fourth-order valence-corrected chi connectivity index (χ4v) is 1.000. The van der Waals surface area contributed by atoms with Crippen LogP contribution in [0, 0.1) is 0 Å². The predicted molar refractivity (Wildman–Crippen MR) is 58.2 cm³/mol. The summed E-state index contributed by atoms with van der Waals surface area (Å²) in [5.41, 5.74) is 0. The van der Waals surface area contributed by atoms with Gasteiger partial charge in [0.15, 0.2) is 6.61 Å². The van der Waals surface area contributed by atoms with E-state index in [1.54, 1.807) is 24.3 Å². The molecule has 0 unspecified atom stereocenters. The van der Waals surface area contributed by atoms with Gasteiger partial charge in [0.25, 0.3) is 5.78 Å². The van der Waals surface area contributed by atoms with Crippen molar-refractivity contribution >= 4 is 11.8 Å². The molecule has 0 bridgehead atoms. The zero-order valence-corrected chi connectivity index (χ0v) is 9.14. The van der Waals surface area contributed by atoms with Crippen LogP contribution in [0.25, 0.3) is 0 Å². The SMILES string of the molecule is CCCOC(=O)C(=O)COc1ccccc1. The quantitative estimate of drug-likeness (QED) is 0.541. The van der Waals surface area contributed by atoms with Gasteiger partial charge in [0, 0.05) is 0 Å². The highest BCUT2D eigenvalue weighted by Gasteiger charge is 2.15. The van der Waals surface area contributed by atoms with Gasteiger partial charge in [-0.1, -0.05) is 25.1 Å². The van der Waals surface area contributed by atoms with Crippen molar-refractivity contribution in [3.8, 4) is 5.75 Å². The average molecular weight is 222 g/mol. The van der Waals surface area contributed by atoms with Gasteiger partial charge >= 0.3 is 5.97 Å². The molecule has 0 aliphatic rings. The molecular weight excluding hydrogens is 208 g/mol. The average Bonchev–Trinajstić information content (AvgIpc) is 2.34. The van der Waals surface area contributed by atoms with Crippen molar-refractivity contribution in [2.45, 2.75) is 13.3 Å². The number of ether oxygens (including phenoxy) is 2. The van der Waals surface area contributed by atoms with Crippen molar-refractivity contribution < 1.29 is 19.1 Å². The Balaban J connectivity index is 2.32. The number of Topliss-reactive ketones (excluding diaryl/α,β-unsaturated/α-hetero) is 1. The van der Waals surface area contributed by atoms with Crippen LogP contribution in [0.3, 0.4) is 0 Å². The molecule has 0 aromatic heterocycles. The standard InChI is InChI=1S/C12H14O4/c1-2-8-15-12(14)11(13)9-16-10-6-4-3-5-7-10/h3-7H,2,8-9H2,1H3. The Kier molecular flexibility index (Phi) is 5.05. The van der Waals surface area contributed by atoms with E-state index in [0.717, 1.165) is 0 Å². The summed E-state index contributed by atoms with van der Waals surface area (Å²) in [6.45, 7) is 1.83. The Bertz CT molecular complexity index is 345. The molecule has 0 radical (unpaired) electrons. The van der Waals surface area contributed by atoms with Gasteiger partial charge < -0.3 is 9.47 Å². The molecule has 0 fully saturated rings. The summed E-state index contributed by atoms with van der Waals surface area (Å²) in [7, 11) is 0. The van der Waals surface area contributed by atoms with Crippen LogP contribution in [0.5, 0.6) is 5.75 Å². The van der Waals surface area contributed by atoms with Crippen LogP contribution in [-0.4, -0.2) is 25.0 Å². The number of para-hydroxylation sites is 1. The van der Waals surface area contributed by atoms with Crippen LogP contribution < -0.4 is 4.74 Å². The van der Waals surface area contributed by atoms with E-state index in [4.69, 9.17) is 4.74 Å². The summed E-state index contributed by atoms with van der Waals surface area (Å²) >= 11 is 0. The second kappa shape index (κ2) is 6.61. The number of hydrogen-bond acceptors (Lipinski definition) is 4. The van der Waals surface area contributed by atoms with Gasteiger partial charge in [0.05, 0.1) is 6.61 Å². The molecule has 4 nitrogen and oxygen atoms in total. The van der Waals surface area contributed by atoms with Crippen LogP contribution in [-0.2, 0) is 14.3 Å². The molecule has 0 heterocycles. The van der Waals surface area contributed by atoms with Crippen molar-refractivity contribution in [2.24, 2.45) is 0 Å². The number of carbonyl (C=O) groups is 2. The first kappa shape index (κ1) is 12.2. The van der Waals surface area contributed by atoms with E-state index in [1.165, 1.54) is 0 Å². The third-order valence-corrected chi connectivity index (χ3v) is 1.78. The maximum Gasteiger partial charge on any atom is 0.378 e. The lowest BCUT2D eigenvalue weighted by atomic mass is 10.3. The molecule has 0 saturated heterocycles. The lowest BCUT2D eigenvalue weighted by Crippen LogP contribution is -2.24. The molecule has 1 aromatic rings. The van der Waals surface area contributed by atoms with E-state index in [-0.39, 0.29) is 13.2 Å². The molecule has 0 atom stereocenters. The Labute approximate surface area is 94.2 Å². The molecule has 0 aliphatic carbocycles. The predicted octanol–water partition coefficient (Wildman–Crippen LogP) is 1.59. The van der Waals surface area contributed by atoms with Gasteiger partial charge in [-0.25, -0.2) is 4.79 Å². The molecule has 1 rings (SSSR count). The molecule has 0 amide bonds. The van der Waals surface area contributed by atoms with Gasteiger partial charge in [-0.05, 0) is 18.6 Å². The van der Waals surface area contributed by atoms with Crippen LogP contribution >= 0.6 is 0 Å². The summed E-state index contributed by atoms with van der Waals surface area (Å²) in [6, 6.07) is 8.84. The summed E-state index contributed by atoms with van der Waals surface area (Å²) in [6.07, 6.45) is 0.693. The van der Waals surface area contributed by atoms with Gasteiger partial charge in [0.2, 0.25) is 0 Å². The largest absolute Gasteiger partial charge is 0.485 e. The third-order valence-electron chi connectivity index (χ3n) is 1.78. The van der Waals surface area contributed by atoms with E-state index in [1.807, 2.05) is 13.0 Å². The van der Waals surface area contributed by atoms with Crippen LogP contribution in [0.15, 0.2) is 30.3 Å². The first-order valence-electron chi connectivity index (χ1n) is 5.12. The molecule has 0 N–H and O–H groups in total. The van der Waals surface area contributed by atoms with E-state index >= 15 is 0 Å². The summed E-state index contributed by atoms with van der Waals surface area (Å²) in [5, 5.41) is 0. The first-order chi connectivity index (χ1) is 7.74. The molecule has 0 spiro atoms. The van der Waals surface area contributed by atoms with Crippen molar-refractivity contribution in [3.05, 3.63) is 30.3 Å². The number of benzene rings is 1. The lowest BCUT2D eigenvalue weighted by Gasteiger charge is -2.04. The highest BCUT2D eigenvalue weighted by molar-refractivity contribution is 6.34. The Morgan fingerprint density at radius 2 is 1.88 bits per heavy atom. The topological polar surface area (TPSA) is 52.6 Å². The van der Waals surface area contributed by atoms with E-state index in [0.29, 0.717) is 12.2 Å². The van der Waals surface area contributed by atoms with Crippen molar-refractivity contribution in [1.29, 1.82) is 0 Å². The fourth-order valence-electron chi connectivity index (χ4n) is 1.000. The maximum absolute atomic E-state index is 11.2. The highest BCUT2D eigenvalue weighted by atomic mass is 16.5.